The lowest BCUT2D eigenvalue weighted by molar-refractivity contribution is 0.0734. The van der Waals surface area contributed by atoms with Gasteiger partial charge in [0.05, 0.1) is 23.0 Å². The van der Waals surface area contributed by atoms with Gasteiger partial charge in [0.2, 0.25) is 0 Å². The number of aromatic nitrogens is 1. The molecule has 1 N–H and O–H groups in total. The Morgan fingerprint density at radius 2 is 1.56 bits per heavy atom. The molecule has 0 saturated carbocycles. The number of ether oxygens (including phenoxy) is 1. The smallest absolute Gasteiger partial charge is 0.343 e. The van der Waals surface area contributed by atoms with Gasteiger partial charge in [-0.2, -0.15) is 5.10 Å². The van der Waals surface area contributed by atoms with E-state index >= 15 is 0 Å². The van der Waals surface area contributed by atoms with Crippen LogP contribution >= 0.6 is 11.6 Å². The zero-order valence-electron chi connectivity index (χ0n) is 16.8. The number of rotatable bonds is 6. The van der Waals surface area contributed by atoms with Gasteiger partial charge in [0.1, 0.15) is 5.75 Å². The standard InChI is InChI=1S/C25H18ClN3O3/c26-20-13-11-18(12-14-20)25(31)32-23-10-4-1-7-19(23)17-27-28-24(30)21-8-2-3-9-22(21)29-15-5-6-16-29/h1-17H,(H,28,30)/b27-17-. The number of carbonyl (C=O) groups excluding carboxylic acids is 2. The van der Waals surface area contributed by atoms with Gasteiger partial charge >= 0.3 is 5.97 Å². The number of benzene rings is 3. The fourth-order valence-electron chi connectivity index (χ4n) is 3.03. The minimum Gasteiger partial charge on any atom is -0.422 e. The molecular weight excluding hydrogens is 426 g/mol. The Bertz CT molecular complexity index is 1270. The van der Waals surface area contributed by atoms with Gasteiger partial charge in [-0.15, -0.1) is 0 Å². The molecule has 32 heavy (non-hydrogen) atoms. The number of esters is 1. The van der Waals surface area contributed by atoms with Crippen molar-refractivity contribution >= 4 is 29.7 Å². The third-order valence-electron chi connectivity index (χ3n) is 4.60. The second kappa shape index (κ2) is 9.76. The van der Waals surface area contributed by atoms with E-state index in [0.717, 1.165) is 5.69 Å². The van der Waals surface area contributed by atoms with Gasteiger partial charge in [0.25, 0.3) is 5.91 Å². The summed E-state index contributed by atoms with van der Waals surface area (Å²) in [5.41, 5.74) is 4.65. The molecule has 1 heterocycles. The summed E-state index contributed by atoms with van der Waals surface area (Å²) >= 11 is 5.86. The average molecular weight is 444 g/mol. The predicted molar refractivity (Wildman–Crippen MR) is 124 cm³/mol. The van der Waals surface area contributed by atoms with Crippen LogP contribution in [0.3, 0.4) is 0 Å². The molecule has 0 unspecified atom stereocenters. The molecule has 0 aliphatic rings. The van der Waals surface area contributed by atoms with Crippen LogP contribution in [0.15, 0.2) is 102 Å². The van der Waals surface area contributed by atoms with Gasteiger partial charge in [-0.1, -0.05) is 35.9 Å². The normalized spacial score (nSPS) is 10.8. The fraction of sp³-hybridized carbons (Fsp3) is 0. The van der Waals surface area contributed by atoms with Gasteiger partial charge in [0, 0.05) is 23.0 Å². The first kappa shape index (κ1) is 21.1. The van der Waals surface area contributed by atoms with Crippen molar-refractivity contribution in [3.63, 3.8) is 0 Å². The summed E-state index contributed by atoms with van der Waals surface area (Å²) in [6, 6.07) is 24.3. The largest absolute Gasteiger partial charge is 0.422 e. The van der Waals surface area contributed by atoms with E-state index in [2.05, 4.69) is 10.5 Å². The molecule has 7 heteroatoms. The molecule has 1 aromatic heterocycles. The van der Waals surface area contributed by atoms with Gasteiger partial charge in [0.15, 0.2) is 0 Å². The topological polar surface area (TPSA) is 72.7 Å². The molecule has 4 aromatic rings. The molecule has 0 spiro atoms. The Labute approximate surface area is 189 Å². The monoisotopic (exact) mass is 443 g/mol. The Balaban J connectivity index is 1.48. The highest BCUT2D eigenvalue weighted by molar-refractivity contribution is 6.30. The second-order valence-corrected chi connectivity index (χ2v) is 7.18. The van der Waals surface area contributed by atoms with Crippen LogP contribution in [0.25, 0.3) is 5.69 Å². The quantitative estimate of drug-likeness (QED) is 0.195. The second-order valence-electron chi connectivity index (χ2n) is 6.74. The van der Waals surface area contributed by atoms with Gasteiger partial charge in [-0.3, -0.25) is 4.79 Å². The maximum absolute atomic E-state index is 12.7. The highest BCUT2D eigenvalue weighted by Gasteiger charge is 2.12. The number of halogens is 1. The number of nitrogens with zero attached hydrogens (tertiary/aromatic N) is 2. The van der Waals surface area contributed by atoms with Crippen LogP contribution in [0, 0.1) is 0 Å². The first-order valence-electron chi connectivity index (χ1n) is 9.74. The maximum Gasteiger partial charge on any atom is 0.343 e. The van der Waals surface area contributed by atoms with Gasteiger partial charge in [-0.25, -0.2) is 10.2 Å². The molecule has 0 bridgehead atoms. The van der Waals surface area contributed by atoms with Crippen molar-refractivity contribution in [1.29, 1.82) is 0 Å². The van der Waals surface area contributed by atoms with E-state index in [0.29, 0.717) is 27.5 Å². The Hall–Kier alpha value is -4.16. The van der Waals surface area contributed by atoms with Crippen LogP contribution in [0.2, 0.25) is 5.02 Å². The molecule has 3 aromatic carbocycles. The molecule has 0 aliphatic heterocycles. The van der Waals surface area contributed by atoms with Crippen LogP contribution in [-0.4, -0.2) is 22.7 Å². The van der Waals surface area contributed by atoms with E-state index < -0.39 is 5.97 Å². The minimum absolute atomic E-state index is 0.318. The third-order valence-corrected chi connectivity index (χ3v) is 4.85. The Morgan fingerprint density at radius 1 is 0.875 bits per heavy atom. The van der Waals surface area contributed by atoms with Crippen molar-refractivity contribution in [2.24, 2.45) is 5.10 Å². The molecule has 0 aliphatic carbocycles. The summed E-state index contributed by atoms with van der Waals surface area (Å²) in [7, 11) is 0. The lowest BCUT2D eigenvalue weighted by Gasteiger charge is -2.09. The number of hydrogen-bond donors (Lipinski definition) is 1. The summed E-state index contributed by atoms with van der Waals surface area (Å²) in [4.78, 5) is 25.1. The fourth-order valence-corrected chi connectivity index (χ4v) is 3.16. The number of hydrogen-bond acceptors (Lipinski definition) is 4. The summed E-state index contributed by atoms with van der Waals surface area (Å²) in [5, 5.41) is 4.58. The van der Waals surface area contributed by atoms with E-state index in [-0.39, 0.29) is 5.91 Å². The SMILES string of the molecule is O=C(Oc1ccccc1/C=N\NC(=O)c1ccccc1-n1cccc1)c1ccc(Cl)cc1. The van der Waals surface area contributed by atoms with Crippen LogP contribution in [0.4, 0.5) is 0 Å². The van der Waals surface area contributed by atoms with E-state index in [9.17, 15) is 9.59 Å². The molecular formula is C25H18ClN3O3. The van der Waals surface area contributed by atoms with Gasteiger partial charge < -0.3 is 9.30 Å². The number of para-hydroxylation sites is 2. The summed E-state index contributed by atoms with van der Waals surface area (Å²) < 4.78 is 7.34. The van der Waals surface area contributed by atoms with E-state index in [4.69, 9.17) is 16.3 Å². The lowest BCUT2D eigenvalue weighted by atomic mass is 10.1. The molecule has 0 fully saturated rings. The molecule has 0 atom stereocenters. The third kappa shape index (κ3) is 4.94. The highest BCUT2D eigenvalue weighted by Crippen LogP contribution is 2.19. The zero-order chi connectivity index (χ0) is 22.3. The van der Waals surface area contributed by atoms with Crippen molar-refractivity contribution in [3.05, 3.63) is 119 Å². The molecule has 1 amide bonds. The van der Waals surface area contributed by atoms with Crippen LogP contribution < -0.4 is 10.2 Å². The molecule has 0 radical (unpaired) electrons. The molecule has 158 valence electrons. The maximum atomic E-state index is 12.7. The molecule has 0 saturated heterocycles. The zero-order valence-corrected chi connectivity index (χ0v) is 17.6. The summed E-state index contributed by atoms with van der Waals surface area (Å²) in [6.07, 6.45) is 5.15. The van der Waals surface area contributed by atoms with Crippen molar-refractivity contribution in [1.82, 2.24) is 9.99 Å². The number of amides is 1. The average Bonchev–Trinajstić information content (AvgIpc) is 3.35. The predicted octanol–water partition coefficient (Wildman–Crippen LogP) is 5.11. The van der Waals surface area contributed by atoms with Crippen molar-refractivity contribution in [2.45, 2.75) is 0 Å². The minimum atomic E-state index is -0.521. The first-order valence-corrected chi connectivity index (χ1v) is 10.1. The summed E-state index contributed by atoms with van der Waals surface area (Å²) in [6.45, 7) is 0. The van der Waals surface area contributed by atoms with Crippen molar-refractivity contribution < 1.29 is 14.3 Å². The van der Waals surface area contributed by atoms with Crippen LogP contribution in [-0.2, 0) is 0 Å². The highest BCUT2D eigenvalue weighted by atomic mass is 35.5. The number of carbonyl (C=O) groups is 2. The molecule has 6 nitrogen and oxygen atoms in total. The van der Waals surface area contributed by atoms with Crippen LogP contribution in [0.5, 0.6) is 5.75 Å². The van der Waals surface area contributed by atoms with Gasteiger partial charge in [-0.05, 0) is 60.7 Å². The Morgan fingerprint density at radius 3 is 2.34 bits per heavy atom. The number of hydrazone groups is 1. The first-order chi connectivity index (χ1) is 15.6. The Kier molecular flexibility index (Phi) is 6.43. The van der Waals surface area contributed by atoms with Crippen molar-refractivity contribution in [3.8, 4) is 11.4 Å². The number of nitrogens with one attached hydrogen (secondary N) is 1. The van der Waals surface area contributed by atoms with E-state index in [1.54, 1.807) is 60.7 Å². The van der Waals surface area contributed by atoms with E-state index in [1.165, 1.54) is 6.21 Å². The van der Waals surface area contributed by atoms with E-state index in [1.807, 2.05) is 41.2 Å². The molecule has 4 rings (SSSR count). The van der Waals surface area contributed by atoms with Crippen molar-refractivity contribution in [2.75, 3.05) is 0 Å². The lowest BCUT2D eigenvalue weighted by Crippen LogP contribution is -2.19. The summed E-state index contributed by atoms with van der Waals surface area (Å²) in [5.74, 6) is -0.563. The van der Waals surface area contributed by atoms with Crippen LogP contribution in [0.1, 0.15) is 26.3 Å².